The smallest absolute Gasteiger partial charge is 0.405 e. The largest absolute Gasteiger partial charge is 0.486 e. The van der Waals surface area contributed by atoms with Crippen LogP contribution < -0.4 is 14.8 Å². The van der Waals surface area contributed by atoms with Gasteiger partial charge in [0, 0.05) is 6.07 Å². The van der Waals surface area contributed by atoms with Gasteiger partial charge in [-0.3, -0.25) is 14.9 Å². The molecule has 0 aliphatic carbocycles. The molecule has 114 valence electrons. The fourth-order valence-electron chi connectivity index (χ4n) is 1.69. The zero-order chi connectivity index (χ0) is 15.6. The van der Waals surface area contributed by atoms with Crippen LogP contribution in [0, 0.1) is 10.1 Å². The summed E-state index contributed by atoms with van der Waals surface area (Å²) >= 11 is 0. The third-order valence-corrected chi connectivity index (χ3v) is 2.55. The van der Waals surface area contributed by atoms with Crippen molar-refractivity contribution < 1.29 is 32.4 Å². The second-order valence-electron chi connectivity index (χ2n) is 4.07. The number of halogens is 3. The minimum Gasteiger partial charge on any atom is -0.486 e. The van der Waals surface area contributed by atoms with E-state index < -0.39 is 34.8 Å². The van der Waals surface area contributed by atoms with E-state index in [0.29, 0.717) is 0 Å². The zero-order valence-electron chi connectivity index (χ0n) is 10.4. The van der Waals surface area contributed by atoms with Crippen molar-refractivity contribution in [1.29, 1.82) is 0 Å². The van der Waals surface area contributed by atoms with Crippen LogP contribution in [0.2, 0.25) is 0 Å². The molecule has 0 atom stereocenters. The van der Waals surface area contributed by atoms with Gasteiger partial charge in [-0.05, 0) is 0 Å². The standard InChI is InChI=1S/C11H9F3N2O5/c12-11(13,14)5-15-10(17)6-3-8-9(21-2-1-20-8)4-7(6)16(18)19/h3-4H,1-2,5H2,(H,15,17). The molecule has 1 aliphatic rings. The highest BCUT2D eigenvalue weighted by atomic mass is 19.4. The Labute approximate surface area is 115 Å². The fraction of sp³-hybridized carbons (Fsp3) is 0.364. The maximum absolute atomic E-state index is 12.1. The number of nitrogens with one attached hydrogen (secondary N) is 1. The Bertz CT molecular complexity index is 588. The maximum atomic E-state index is 12.1. The number of carbonyl (C=O) groups is 1. The van der Waals surface area contributed by atoms with Crippen molar-refractivity contribution >= 4 is 11.6 Å². The quantitative estimate of drug-likeness (QED) is 0.677. The number of nitrogens with zero attached hydrogens (tertiary/aromatic N) is 1. The molecule has 1 amide bonds. The first-order valence-corrected chi connectivity index (χ1v) is 5.71. The lowest BCUT2D eigenvalue weighted by Gasteiger charge is -2.19. The van der Waals surface area contributed by atoms with Gasteiger partial charge in [0.05, 0.1) is 11.0 Å². The molecule has 0 fully saturated rings. The fourth-order valence-corrected chi connectivity index (χ4v) is 1.69. The molecule has 1 heterocycles. The Hall–Kier alpha value is -2.52. The van der Waals surface area contributed by atoms with Crippen LogP contribution in [0.4, 0.5) is 18.9 Å². The number of rotatable bonds is 3. The summed E-state index contributed by atoms with van der Waals surface area (Å²) in [7, 11) is 0. The molecule has 0 saturated carbocycles. The summed E-state index contributed by atoms with van der Waals surface area (Å²) in [6, 6.07) is 1.95. The molecule has 2 rings (SSSR count). The van der Waals surface area contributed by atoms with Gasteiger partial charge >= 0.3 is 6.18 Å². The Morgan fingerprint density at radius 3 is 2.38 bits per heavy atom. The predicted molar refractivity (Wildman–Crippen MR) is 62.5 cm³/mol. The minimum atomic E-state index is -4.61. The zero-order valence-corrected chi connectivity index (χ0v) is 10.4. The second-order valence-corrected chi connectivity index (χ2v) is 4.07. The highest BCUT2D eigenvalue weighted by Crippen LogP contribution is 2.36. The first kappa shape index (κ1) is 14.9. The summed E-state index contributed by atoms with van der Waals surface area (Å²) in [4.78, 5) is 21.7. The molecule has 1 aromatic rings. The van der Waals surface area contributed by atoms with Gasteiger partial charge < -0.3 is 14.8 Å². The molecule has 0 bridgehead atoms. The number of nitro benzene ring substituents is 1. The molecular weight excluding hydrogens is 297 g/mol. The third kappa shape index (κ3) is 3.52. The Balaban J connectivity index is 2.32. The molecule has 10 heteroatoms. The molecule has 0 aromatic heterocycles. The number of hydrogen-bond donors (Lipinski definition) is 1. The highest BCUT2D eigenvalue weighted by Gasteiger charge is 2.31. The van der Waals surface area contributed by atoms with Crippen LogP contribution in [0.15, 0.2) is 12.1 Å². The summed E-state index contributed by atoms with van der Waals surface area (Å²) in [5, 5.41) is 12.5. The molecule has 0 radical (unpaired) electrons. The summed E-state index contributed by atoms with van der Waals surface area (Å²) < 4.78 is 46.5. The number of hydrogen-bond acceptors (Lipinski definition) is 5. The molecule has 1 aliphatic heterocycles. The molecule has 21 heavy (non-hydrogen) atoms. The lowest BCUT2D eigenvalue weighted by molar-refractivity contribution is -0.385. The predicted octanol–water partition coefficient (Wildman–Crippen LogP) is 1.66. The first-order chi connectivity index (χ1) is 9.78. The number of alkyl halides is 3. The Kier molecular flexibility index (Phi) is 3.87. The molecule has 0 unspecified atom stereocenters. The molecule has 7 nitrogen and oxygen atoms in total. The van der Waals surface area contributed by atoms with E-state index in [2.05, 4.69) is 0 Å². The maximum Gasteiger partial charge on any atom is 0.405 e. The summed E-state index contributed by atoms with van der Waals surface area (Å²) in [6.07, 6.45) is -4.61. The van der Waals surface area contributed by atoms with Crippen LogP contribution in [0.25, 0.3) is 0 Å². The van der Waals surface area contributed by atoms with E-state index in [4.69, 9.17) is 9.47 Å². The van der Waals surface area contributed by atoms with Crippen molar-refractivity contribution in [1.82, 2.24) is 5.32 Å². The van der Waals surface area contributed by atoms with E-state index in [1.807, 2.05) is 0 Å². The first-order valence-electron chi connectivity index (χ1n) is 5.71. The van der Waals surface area contributed by atoms with Crippen molar-refractivity contribution in [2.45, 2.75) is 6.18 Å². The van der Waals surface area contributed by atoms with Gasteiger partial charge in [0.2, 0.25) is 0 Å². The van der Waals surface area contributed by atoms with Crippen molar-refractivity contribution in [2.75, 3.05) is 19.8 Å². The van der Waals surface area contributed by atoms with E-state index in [1.54, 1.807) is 5.32 Å². The number of benzene rings is 1. The van der Waals surface area contributed by atoms with Crippen LogP contribution in [0.3, 0.4) is 0 Å². The van der Waals surface area contributed by atoms with Gasteiger partial charge in [0.25, 0.3) is 11.6 Å². The average Bonchev–Trinajstić information content (AvgIpc) is 2.42. The van der Waals surface area contributed by atoms with E-state index in [1.165, 1.54) is 0 Å². The van der Waals surface area contributed by atoms with Gasteiger partial charge in [-0.2, -0.15) is 13.2 Å². The number of carbonyl (C=O) groups excluding carboxylic acids is 1. The highest BCUT2D eigenvalue weighted by molar-refractivity contribution is 5.99. The monoisotopic (exact) mass is 306 g/mol. The molecule has 1 N–H and O–H groups in total. The van der Waals surface area contributed by atoms with Crippen LogP contribution in [-0.2, 0) is 0 Å². The Morgan fingerprint density at radius 1 is 1.29 bits per heavy atom. The van der Waals surface area contributed by atoms with Gasteiger partial charge in [0.1, 0.15) is 25.3 Å². The molecule has 1 aromatic carbocycles. The normalized spacial score (nSPS) is 13.7. The van der Waals surface area contributed by atoms with Crippen LogP contribution in [0.1, 0.15) is 10.4 Å². The van der Waals surface area contributed by atoms with Crippen molar-refractivity contribution in [3.8, 4) is 11.5 Å². The van der Waals surface area contributed by atoms with Crippen molar-refractivity contribution in [3.63, 3.8) is 0 Å². The number of nitro groups is 1. The molecule has 0 spiro atoms. The minimum absolute atomic E-state index is 0.0697. The summed E-state index contributed by atoms with van der Waals surface area (Å²) in [5.41, 5.74) is -1.17. The van der Waals surface area contributed by atoms with Crippen LogP contribution >= 0.6 is 0 Å². The van der Waals surface area contributed by atoms with E-state index >= 15 is 0 Å². The van der Waals surface area contributed by atoms with Crippen molar-refractivity contribution in [3.05, 3.63) is 27.8 Å². The SMILES string of the molecule is O=C(NCC(F)(F)F)c1cc2c(cc1[N+](=O)[O-])OCCO2. The van der Waals surface area contributed by atoms with E-state index in [-0.39, 0.29) is 24.7 Å². The number of amides is 1. The Morgan fingerprint density at radius 2 is 1.86 bits per heavy atom. The van der Waals surface area contributed by atoms with Crippen LogP contribution in [-0.4, -0.2) is 36.8 Å². The lowest BCUT2D eigenvalue weighted by atomic mass is 10.1. The number of fused-ring (bicyclic) bond motifs is 1. The van der Waals surface area contributed by atoms with E-state index in [0.717, 1.165) is 12.1 Å². The van der Waals surface area contributed by atoms with Gasteiger partial charge in [-0.25, -0.2) is 0 Å². The molecule has 0 saturated heterocycles. The summed E-state index contributed by atoms with van der Waals surface area (Å²) in [6.45, 7) is -1.23. The second kappa shape index (κ2) is 5.46. The lowest BCUT2D eigenvalue weighted by Crippen LogP contribution is -2.34. The van der Waals surface area contributed by atoms with Gasteiger partial charge in [0.15, 0.2) is 11.5 Å². The topological polar surface area (TPSA) is 90.7 Å². The third-order valence-electron chi connectivity index (χ3n) is 2.55. The van der Waals surface area contributed by atoms with Crippen molar-refractivity contribution in [2.24, 2.45) is 0 Å². The van der Waals surface area contributed by atoms with Gasteiger partial charge in [-0.15, -0.1) is 0 Å². The number of ether oxygens (including phenoxy) is 2. The van der Waals surface area contributed by atoms with Crippen LogP contribution in [0.5, 0.6) is 11.5 Å². The summed E-state index contributed by atoms with van der Waals surface area (Å²) in [5.74, 6) is -1.07. The van der Waals surface area contributed by atoms with E-state index in [9.17, 15) is 28.1 Å². The molecular formula is C11H9F3N2O5. The average molecular weight is 306 g/mol. The van der Waals surface area contributed by atoms with Gasteiger partial charge in [-0.1, -0.05) is 0 Å².